The zero-order valence-electron chi connectivity index (χ0n) is 12.5. The first kappa shape index (κ1) is 16.3. The van der Waals surface area contributed by atoms with Crippen LogP contribution in [0.25, 0.3) is 0 Å². The molecule has 1 atom stereocenters. The summed E-state index contributed by atoms with van der Waals surface area (Å²) in [5.74, 6) is 6.14. The van der Waals surface area contributed by atoms with Gasteiger partial charge in [-0.1, -0.05) is 37.8 Å². The molecule has 3 nitrogen and oxygen atoms in total. The van der Waals surface area contributed by atoms with Gasteiger partial charge in [0, 0.05) is 31.5 Å². The second-order valence-electron chi connectivity index (χ2n) is 4.98. The number of amides is 1. The fraction of sp³-hybridized carbons (Fsp3) is 0.471. The van der Waals surface area contributed by atoms with Gasteiger partial charge in [0.25, 0.3) is 0 Å². The lowest BCUT2D eigenvalue weighted by Gasteiger charge is -2.20. The van der Waals surface area contributed by atoms with Crippen molar-refractivity contribution in [3.63, 3.8) is 0 Å². The van der Waals surface area contributed by atoms with Crippen LogP contribution in [0.2, 0.25) is 0 Å². The molecule has 0 radical (unpaired) electrons. The zero-order valence-corrected chi connectivity index (χ0v) is 12.5. The molecule has 1 aromatic rings. The summed E-state index contributed by atoms with van der Waals surface area (Å²) in [5.41, 5.74) is 1.99. The molecule has 1 amide bonds. The molecule has 1 aromatic carbocycles. The molecule has 108 valence electrons. The summed E-state index contributed by atoms with van der Waals surface area (Å²) in [7, 11) is 1.83. The minimum atomic E-state index is 0.0625. The van der Waals surface area contributed by atoms with Crippen molar-refractivity contribution in [1.29, 1.82) is 0 Å². The van der Waals surface area contributed by atoms with Crippen LogP contribution in [0.4, 0.5) is 0 Å². The Hall–Kier alpha value is -1.79. The average molecular weight is 273 g/mol. The summed E-state index contributed by atoms with van der Waals surface area (Å²) in [6, 6.07) is 7.87. The summed E-state index contributed by atoms with van der Waals surface area (Å²) < 4.78 is 0. The Morgan fingerprint density at radius 3 is 2.85 bits per heavy atom. The maximum absolute atomic E-state index is 12.0. The predicted molar refractivity (Wildman–Crippen MR) is 81.0 cm³/mol. The van der Waals surface area contributed by atoms with E-state index in [9.17, 15) is 4.79 Å². The maximum atomic E-state index is 12.0. The van der Waals surface area contributed by atoms with Crippen molar-refractivity contribution >= 4 is 5.91 Å². The second-order valence-corrected chi connectivity index (χ2v) is 4.98. The second kappa shape index (κ2) is 8.39. The molecule has 0 aliphatic carbocycles. The fourth-order valence-electron chi connectivity index (χ4n) is 1.87. The standard InChI is InChI=1S/C17H23NO2/c1-4-14(2)17(20)18(3)13-16-10-7-9-15(12-16)8-5-6-11-19/h7,9-10,12,14,19H,4,6,11,13H2,1-3H3. The number of carbonyl (C=O) groups excluding carboxylic acids is 1. The van der Waals surface area contributed by atoms with E-state index in [2.05, 4.69) is 11.8 Å². The zero-order chi connectivity index (χ0) is 15.0. The highest BCUT2D eigenvalue weighted by atomic mass is 16.2. The van der Waals surface area contributed by atoms with Crippen molar-refractivity contribution in [2.75, 3.05) is 13.7 Å². The molecule has 0 saturated heterocycles. The molecule has 20 heavy (non-hydrogen) atoms. The molecule has 0 fully saturated rings. The molecule has 1 rings (SSSR count). The van der Waals surface area contributed by atoms with Gasteiger partial charge in [-0.25, -0.2) is 0 Å². The third-order valence-corrected chi connectivity index (χ3v) is 3.23. The normalized spacial score (nSPS) is 11.4. The van der Waals surface area contributed by atoms with Gasteiger partial charge in [0.2, 0.25) is 5.91 Å². The highest BCUT2D eigenvalue weighted by Gasteiger charge is 2.15. The summed E-state index contributed by atoms with van der Waals surface area (Å²) in [6.07, 6.45) is 1.34. The molecule has 0 spiro atoms. The van der Waals surface area contributed by atoms with Crippen LogP contribution in [0.5, 0.6) is 0 Å². The van der Waals surface area contributed by atoms with Crippen molar-refractivity contribution in [2.24, 2.45) is 5.92 Å². The van der Waals surface area contributed by atoms with Gasteiger partial charge in [0.05, 0.1) is 6.61 Å². The van der Waals surface area contributed by atoms with Gasteiger partial charge in [-0.05, 0) is 24.1 Å². The minimum absolute atomic E-state index is 0.0625. The average Bonchev–Trinajstić information content (AvgIpc) is 2.46. The van der Waals surface area contributed by atoms with Gasteiger partial charge in [0.15, 0.2) is 0 Å². The molecule has 1 N–H and O–H groups in total. The van der Waals surface area contributed by atoms with Gasteiger partial charge in [-0.15, -0.1) is 0 Å². The molecule has 0 aliphatic rings. The Morgan fingerprint density at radius 1 is 1.45 bits per heavy atom. The van der Waals surface area contributed by atoms with E-state index < -0.39 is 0 Å². The Kier molecular flexibility index (Phi) is 6.83. The number of benzene rings is 1. The molecular weight excluding hydrogens is 250 g/mol. The molecule has 0 bridgehead atoms. The van der Waals surface area contributed by atoms with Crippen molar-refractivity contribution in [1.82, 2.24) is 4.90 Å². The summed E-state index contributed by atoms with van der Waals surface area (Å²) in [5, 5.41) is 8.71. The van der Waals surface area contributed by atoms with E-state index >= 15 is 0 Å². The van der Waals surface area contributed by atoms with Crippen molar-refractivity contribution in [2.45, 2.75) is 33.2 Å². The SMILES string of the molecule is CCC(C)C(=O)N(C)Cc1cccc(C#CCCO)c1. The van der Waals surface area contributed by atoms with Gasteiger partial charge in [-0.2, -0.15) is 0 Å². The van der Waals surface area contributed by atoms with E-state index in [4.69, 9.17) is 5.11 Å². The third kappa shape index (κ3) is 5.07. The van der Waals surface area contributed by atoms with Crippen LogP contribution >= 0.6 is 0 Å². The summed E-state index contributed by atoms with van der Waals surface area (Å²) >= 11 is 0. The number of aliphatic hydroxyl groups is 1. The van der Waals surface area contributed by atoms with Gasteiger partial charge in [0.1, 0.15) is 0 Å². The molecule has 3 heteroatoms. The van der Waals surface area contributed by atoms with Crippen LogP contribution in [0.15, 0.2) is 24.3 Å². The monoisotopic (exact) mass is 273 g/mol. The van der Waals surface area contributed by atoms with E-state index in [1.54, 1.807) is 4.90 Å². The number of hydrogen-bond acceptors (Lipinski definition) is 2. The fourth-order valence-corrected chi connectivity index (χ4v) is 1.87. The largest absolute Gasteiger partial charge is 0.395 e. The van der Waals surface area contributed by atoms with Gasteiger partial charge < -0.3 is 10.0 Å². The Labute approximate surface area is 121 Å². The number of rotatable bonds is 5. The lowest BCUT2D eigenvalue weighted by molar-refractivity contribution is -0.134. The van der Waals surface area contributed by atoms with E-state index in [0.29, 0.717) is 13.0 Å². The molecule has 0 aliphatic heterocycles. The smallest absolute Gasteiger partial charge is 0.225 e. The first-order valence-corrected chi connectivity index (χ1v) is 7.02. The van der Waals surface area contributed by atoms with Crippen molar-refractivity contribution in [3.05, 3.63) is 35.4 Å². The van der Waals surface area contributed by atoms with Crippen LogP contribution in [0, 0.1) is 17.8 Å². The van der Waals surface area contributed by atoms with Crippen LogP contribution in [0.1, 0.15) is 37.8 Å². The van der Waals surface area contributed by atoms with Crippen LogP contribution < -0.4 is 0 Å². The quantitative estimate of drug-likeness (QED) is 0.837. The molecule has 0 aromatic heterocycles. The van der Waals surface area contributed by atoms with Crippen LogP contribution in [-0.4, -0.2) is 29.6 Å². The Balaban J connectivity index is 2.71. The summed E-state index contributed by atoms with van der Waals surface area (Å²) in [4.78, 5) is 13.8. The third-order valence-electron chi connectivity index (χ3n) is 3.23. The van der Waals surface area contributed by atoms with Crippen molar-refractivity contribution < 1.29 is 9.90 Å². The van der Waals surface area contributed by atoms with Gasteiger partial charge >= 0.3 is 0 Å². The maximum Gasteiger partial charge on any atom is 0.225 e. The van der Waals surface area contributed by atoms with Crippen LogP contribution in [0.3, 0.4) is 0 Å². The topological polar surface area (TPSA) is 40.5 Å². The summed E-state index contributed by atoms with van der Waals surface area (Å²) in [6.45, 7) is 4.65. The lowest BCUT2D eigenvalue weighted by Crippen LogP contribution is -2.30. The van der Waals surface area contributed by atoms with E-state index in [0.717, 1.165) is 17.5 Å². The molecule has 1 unspecified atom stereocenters. The first-order chi connectivity index (χ1) is 9.58. The van der Waals surface area contributed by atoms with E-state index in [1.807, 2.05) is 45.2 Å². The Bertz CT molecular complexity index is 499. The van der Waals surface area contributed by atoms with Crippen molar-refractivity contribution in [3.8, 4) is 11.8 Å². The minimum Gasteiger partial charge on any atom is -0.395 e. The lowest BCUT2D eigenvalue weighted by atomic mass is 10.1. The van der Waals surface area contributed by atoms with E-state index in [-0.39, 0.29) is 18.4 Å². The predicted octanol–water partition coefficient (Wildman–Crippen LogP) is 2.43. The number of nitrogens with zero attached hydrogens (tertiary/aromatic N) is 1. The van der Waals surface area contributed by atoms with Crippen LogP contribution in [-0.2, 0) is 11.3 Å². The molecular formula is C17H23NO2. The molecule has 0 saturated carbocycles. The highest BCUT2D eigenvalue weighted by Crippen LogP contribution is 2.11. The van der Waals surface area contributed by atoms with E-state index in [1.165, 1.54) is 0 Å². The number of carbonyl (C=O) groups is 1. The Morgan fingerprint density at radius 2 is 2.20 bits per heavy atom. The highest BCUT2D eigenvalue weighted by molar-refractivity contribution is 5.78. The van der Waals surface area contributed by atoms with Gasteiger partial charge in [-0.3, -0.25) is 4.79 Å². The number of aliphatic hydroxyl groups excluding tert-OH is 1. The first-order valence-electron chi connectivity index (χ1n) is 7.02. The molecule has 0 heterocycles. The number of hydrogen-bond donors (Lipinski definition) is 1.